The lowest BCUT2D eigenvalue weighted by molar-refractivity contribution is -0.0498. The summed E-state index contributed by atoms with van der Waals surface area (Å²) in [6.07, 6.45) is 5.49. The van der Waals surface area contributed by atoms with E-state index >= 15 is 0 Å². The second-order valence-corrected chi connectivity index (χ2v) is 7.36. The van der Waals surface area contributed by atoms with Gasteiger partial charge in [0.1, 0.15) is 5.75 Å². The number of halogens is 2. The fourth-order valence-electron chi connectivity index (χ4n) is 3.33. The number of Topliss-reactive ketones (excluding diaryl/α,β-unsaturated/α-hetero) is 1. The fourth-order valence-corrected chi connectivity index (χ4v) is 5.17. The van der Waals surface area contributed by atoms with E-state index in [-0.39, 0.29) is 17.5 Å². The van der Waals surface area contributed by atoms with E-state index in [1.54, 1.807) is 12.1 Å². The van der Waals surface area contributed by atoms with Gasteiger partial charge in [0.05, 0.1) is 0 Å². The minimum Gasteiger partial charge on any atom is -0.435 e. The van der Waals surface area contributed by atoms with Gasteiger partial charge in [0.15, 0.2) is 5.78 Å². The minimum atomic E-state index is -2.86. The van der Waals surface area contributed by atoms with Crippen molar-refractivity contribution in [1.29, 1.82) is 0 Å². The van der Waals surface area contributed by atoms with E-state index in [9.17, 15) is 13.6 Å². The van der Waals surface area contributed by atoms with Crippen molar-refractivity contribution in [1.82, 2.24) is 0 Å². The summed E-state index contributed by atoms with van der Waals surface area (Å²) in [5, 5.41) is 1.18. The van der Waals surface area contributed by atoms with Gasteiger partial charge < -0.3 is 4.74 Å². The minimum absolute atomic E-state index is 0.0309. The summed E-state index contributed by atoms with van der Waals surface area (Å²) in [5.41, 5.74) is 0.489. The topological polar surface area (TPSA) is 26.3 Å². The molecule has 2 fully saturated rings. The monoisotopic (exact) mass is 312 g/mol. The Morgan fingerprint density at radius 1 is 1.24 bits per heavy atom. The first-order valence-electron chi connectivity index (χ1n) is 7.36. The van der Waals surface area contributed by atoms with E-state index in [1.165, 1.54) is 31.4 Å². The van der Waals surface area contributed by atoms with Crippen molar-refractivity contribution in [3.63, 3.8) is 0 Å². The molecule has 3 rings (SSSR count). The van der Waals surface area contributed by atoms with E-state index in [1.807, 2.05) is 11.8 Å². The molecule has 2 aliphatic rings. The van der Waals surface area contributed by atoms with Crippen LogP contribution in [-0.4, -0.2) is 22.9 Å². The smallest absolute Gasteiger partial charge is 0.387 e. The zero-order valence-corrected chi connectivity index (χ0v) is 12.5. The second-order valence-electron chi connectivity index (χ2n) is 5.75. The standard InChI is InChI=1S/C16H18F2O2S/c17-16(18)20-12-4-1-3-10(7-12)15(19)11-8-13-5-2-6-14(9-11)21-13/h1,3-4,7,11,13-14,16H,2,5-6,8-9H2. The molecule has 0 aromatic heterocycles. The average Bonchev–Trinajstić information content (AvgIpc) is 2.45. The molecule has 1 aromatic rings. The highest BCUT2D eigenvalue weighted by molar-refractivity contribution is 8.00. The Morgan fingerprint density at radius 3 is 2.62 bits per heavy atom. The van der Waals surface area contributed by atoms with Crippen molar-refractivity contribution in [3.05, 3.63) is 29.8 Å². The van der Waals surface area contributed by atoms with Gasteiger partial charge in [0.25, 0.3) is 0 Å². The van der Waals surface area contributed by atoms with Crippen LogP contribution in [0.15, 0.2) is 24.3 Å². The number of hydrogen-bond acceptors (Lipinski definition) is 3. The third-order valence-electron chi connectivity index (χ3n) is 4.25. The maximum absolute atomic E-state index is 12.6. The van der Waals surface area contributed by atoms with E-state index in [0.29, 0.717) is 16.1 Å². The van der Waals surface area contributed by atoms with Gasteiger partial charge in [-0.25, -0.2) is 0 Å². The Labute approximate surface area is 127 Å². The first kappa shape index (κ1) is 14.8. The number of benzene rings is 1. The average molecular weight is 312 g/mol. The van der Waals surface area contributed by atoms with Crippen LogP contribution in [0.5, 0.6) is 5.75 Å². The molecular weight excluding hydrogens is 294 g/mol. The highest BCUT2D eigenvalue weighted by Gasteiger charge is 2.35. The number of ketones is 1. The predicted molar refractivity (Wildman–Crippen MR) is 79.1 cm³/mol. The van der Waals surface area contributed by atoms with Gasteiger partial charge >= 0.3 is 6.61 Å². The molecular formula is C16H18F2O2S. The summed E-state index contributed by atoms with van der Waals surface area (Å²) in [7, 11) is 0. The third-order valence-corrected chi connectivity index (χ3v) is 5.87. The summed E-state index contributed by atoms with van der Waals surface area (Å²) in [4.78, 5) is 12.6. The van der Waals surface area contributed by atoms with Gasteiger partial charge in [-0.1, -0.05) is 18.6 Å². The van der Waals surface area contributed by atoms with Crippen molar-refractivity contribution in [2.45, 2.75) is 49.2 Å². The SMILES string of the molecule is O=C(c1cccc(OC(F)F)c1)C1CC2CCCC(C1)S2. The summed E-state index contributed by atoms with van der Waals surface area (Å²) >= 11 is 2.02. The highest BCUT2D eigenvalue weighted by Crippen LogP contribution is 2.44. The quantitative estimate of drug-likeness (QED) is 0.764. The van der Waals surface area contributed by atoms with Gasteiger partial charge in [-0.3, -0.25) is 4.79 Å². The molecule has 2 nitrogen and oxygen atoms in total. The number of ether oxygens (including phenoxy) is 1. The van der Waals surface area contributed by atoms with E-state index in [0.717, 1.165) is 12.8 Å². The van der Waals surface area contributed by atoms with Gasteiger partial charge in [0, 0.05) is 22.0 Å². The number of alkyl halides is 2. The molecule has 2 saturated heterocycles. The van der Waals surface area contributed by atoms with Crippen LogP contribution in [0.4, 0.5) is 8.78 Å². The molecule has 2 aliphatic heterocycles. The van der Waals surface area contributed by atoms with E-state index < -0.39 is 6.61 Å². The molecule has 0 aliphatic carbocycles. The lowest BCUT2D eigenvalue weighted by Crippen LogP contribution is -2.32. The van der Waals surface area contributed by atoms with E-state index in [2.05, 4.69) is 4.74 Å². The highest BCUT2D eigenvalue weighted by atomic mass is 32.2. The summed E-state index contributed by atoms with van der Waals surface area (Å²) < 4.78 is 28.9. The summed E-state index contributed by atoms with van der Waals surface area (Å²) in [6, 6.07) is 6.18. The zero-order valence-electron chi connectivity index (χ0n) is 11.6. The van der Waals surface area contributed by atoms with Crippen LogP contribution in [0, 0.1) is 5.92 Å². The molecule has 21 heavy (non-hydrogen) atoms. The van der Waals surface area contributed by atoms with Crippen molar-refractivity contribution >= 4 is 17.5 Å². The summed E-state index contributed by atoms with van der Waals surface area (Å²) in [5.74, 6) is 0.163. The Morgan fingerprint density at radius 2 is 1.95 bits per heavy atom. The van der Waals surface area contributed by atoms with Crippen LogP contribution in [0.1, 0.15) is 42.5 Å². The van der Waals surface area contributed by atoms with E-state index in [4.69, 9.17) is 0 Å². The maximum atomic E-state index is 12.6. The molecule has 0 saturated carbocycles. The van der Waals surface area contributed by atoms with Crippen molar-refractivity contribution in [2.24, 2.45) is 5.92 Å². The number of carbonyl (C=O) groups excluding carboxylic acids is 1. The van der Waals surface area contributed by atoms with Gasteiger partial charge in [-0.2, -0.15) is 20.5 Å². The number of thioether (sulfide) groups is 1. The maximum Gasteiger partial charge on any atom is 0.387 e. The molecule has 2 unspecified atom stereocenters. The first-order valence-corrected chi connectivity index (χ1v) is 8.30. The van der Waals surface area contributed by atoms with Crippen LogP contribution in [0.25, 0.3) is 0 Å². The Bertz CT molecular complexity index is 509. The molecule has 2 bridgehead atoms. The van der Waals surface area contributed by atoms with Gasteiger partial charge in [-0.15, -0.1) is 0 Å². The number of carbonyl (C=O) groups is 1. The van der Waals surface area contributed by atoms with Crippen LogP contribution >= 0.6 is 11.8 Å². The van der Waals surface area contributed by atoms with Gasteiger partial charge in [0.2, 0.25) is 0 Å². The molecule has 114 valence electrons. The Hall–Kier alpha value is -1.10. The number of rotatable bonds is 4. The largest absolute Gasteiger partial charge is 0.435 e. The van der Waals surface area contributed by atoms with Crippen LogP contribution in [-0.2, 0) is 0 Å². The lowest BCUT2D eigenvalue weighted by Gasteiger charge is -2.37. The molecule has 2 heterocycles. The Kier molecular flexibility index (Phi) is 4.48. The molecule has 2 atom stereocenters. The first-order chi connectivity index (χ1) is 10.1. The molecule has 0 amide bonds. The number of hydrogen-bond donors (Lipinski definition) is 0. The van der Waals surface area contributed by atoms with Crippen LogP contribution < -0.4 is 4.74 Å². The predicted octanol–water partition coefficient (Wildman–Crippen LogP) is 4.54. The summed E-state index contributed by atoms with van der Waals surface area (Å²) in [6.45, 7) is -2.86. The second kappa shape index (κ2) is 6.34. The van der Waals surface area contributed by atoms with Crippen molar-refractivity contribution < 1.29 is 18.3 Å². The molecule has 0 spiro atoms. The van der Waals surface area contributed by atoms with Gasteiger partial charge in [-0.05, 0) is 37.8 Å². The molecule has 1 aromatic carbocycles. The lowest BCUT2D eigenvalue weighted by atomic mass is 9.84. The van der Waals surface area contributed by atoms with Crippen LogP contribution in [0.3, 0.4) is 0 Å². The number of fused-ring (bicyclic) bond motifs is 2. The normalized spacial score (nSPS) is 28.4. The molecule has 0 N–H and O–H groups in total. The zero-order chi connectivity index (χ0) is 14.8. The molecule has 0 radical (unpaired) electrons. The molecule has 5 heteroatoms. The van der Waals surface area contributed by atoms with Crippen molar-refractivity contribution in [3.8, 4) is 5.75 Å². The van der Waals surface area contributed by atoms with Crippen LogP contribution in [0.2, 0.25) is 0 Å². The third kappa shape index (κ3) is 3.57. The van der Waals surface area contributed by atoms with Crippen molar-refractivity contribution in [2.75, 3.05) is 0 Å². The Balaban J connectivity index is 1.72. The fraction of sp³-hybridized carbons (Fsp3) is 0.562.